The Bertz CT molecular complexity index is 252. The molecule has 0 aromatic carbocycles. The van der Waals surface area contributed by atoms with Crippen LogP contribution in [0.3, 0.4) is 0 Å². The Labute approximate surface area is 100.0 Å². The van der Waals surface area contributed by atoms with Crippen molar-refractivity contribution in [1.29, 1.82) is 5.26 Å². The van der Waals surface area contributed by atoms with E-state index in [9.17, 15) is 0 Å². The minimum atomic E-state index is -0.242. The first-order chi connectivity index (χ1) is 7.35. The fourth-order valence-electron chi connectivity index (χ4n) is 2.08. The largest absolute Gasteiger partial charge is 0.378 e. The Balaban J connectivity index is 2.19. The van der Waals surface area contributed by atoms with Gasteiger partial charge in [0.05, 0.1) is 17.6 Å². The molecule has 2 nitrogen and oxygen atoms in total. The van der Waals surface area contributed by atoms with Crippen molar-refractivity contribution in [2.24, 2.45) is 10.8 Å². The molecule has 16 heavy (non-hydrogen) atoms. The summed E-state index contributed by atoms with van der Waals surface area (Å²) in [5, 5.41) is 8.89. The zero-order chi connectivity index (χ0) is 12.2. The monoisotopic (exact) mass is 223 g/mol. The predicted molar refractivity (Wildman–Crippen MR) is 66.0 cm³/mol. The first kappa shape index (κ1) is 13.5. The standard InChI is InChI=1S/C14H25NO/c1-13(2)7-5-12(6-8-13)16-10-9-14(3,4)11-15/h12H,5-10H2,1-4H3. The van der Waals surface area contributed by atoms with E-state index in [1.165, 1.54) is 25.7 Å². The van der Waals surface area contributed by atoms with Crippen LogP contribution < -0.4 is 0 Å². The first-order valence-electron chi connectivity index (χ1n) is 6.38. The molecule has 1 aliphatic rings. The second-order valence-corrected chi connectivity index (χ2v) is 6.48. The smallest absolute Gasteiger partial charge is 0.0684 e. The fraction of sp³-hybridized carbons (Fsp3) is 0.929. The lowest BCUT2D eigenvalue weighted by atomic mass is 9.76. The maximum Gasteiger partial charge on any atom is 0.0684 e. The van der Waals surface area contributed by atoms with Gasteiger partial charge in [-0.05, 0) is 51.4 Å². The molecular weight excluding hydrogens is 198 g/mol. The summed E-state index contributed by atoms with van der Waals surface area (Å²) in [6.07, 6.45) is 6.16. The van der Waals surface area contributed by atoms with Crippen LogP contribution in [0.15, 0.2) is 0 Å². The summed E-state index contributed by atoms with van der Waals surface area (Å²) in [4.78, 5) is 0. The topological polar surface area (TPSA) is 33.0 Å². The highest BCUT2D eigenvalue weighted by Crippen LogP contribution is 2.36. The number of nitrogens with zero attached hydrogens (tertiary/aromatic N) is 1. The van der Waals surface area contributed by atoms with E-state index in [-0.39, 0.29) is 5.41 Å². The van der Waals surface area contributed by atoms with Crippen LogP contribution in [0.2, 0.25) is 0 Å². The maximum atomic E-state index is 8.89. The van der Waals surface area contributed by atoms with Gasteiger partial charge in [-0.1, -0.05) is 13.8 Å². The summed E-state index contributed by atoms with van der Waals surface area (Å²) < 4.78 is 5.86. The molecule has 0 atom stereocenters. The number of hydrogen-bond donors (Lipinski definition) is 0. The van der Waals surface area contributed by atoms with Crippen molar-refractivity contribution in [3.8, 4) is 6.07 Å². The van der Waals surface area contributed by atoms with Crippen molar-refractivity contribution in [2.45, 2.75) is 65.9 Å². The van der Waals surface area contributed by atoms with Crippen molar-refractivity contribution in [3.63, 3.8) is 0 Å². The van der Waals surface area contributed by atoms with E-state index in [0.29, 0.717) is 11.5 Å². The van der Waals surface area contributed by atoms with Crippen molar-refractivity contribution in [1.82, 2.24) is 0 Å². The van der Waals surface area contributed by atoms with Gasteiger partial charge < -0.3 is 4.74 Å². The summed E-state index contributed by atoms with van der Waals surface area (Å²) >= 11 is 0. The van der Waals surface area contributed by atoms with Gasteiger partial charge in [0.25, 0.3) is 0 Å². The van der Waals surface area contributed by atoms with Crippen molar-refractivity contribution >= 4 is 0 Å². The van der Waals surface area contributed by atoms with Crippen molar-refractivity contribution < 1.29 is 4.74 Å². The van der Waals surface area contributed by atoms with Crippen molar-refractivity contribution in [2.75, 3.05) is 6.61 Å². The molecule has 0 bridgehead atoms. The van der Waals surface area contributed by atoms with Gasteiger partial charge in [0.1, 0.15) is 0 Å². The molecule has 0 aliphatic heterocycles. The van der Waals surface area contributed by atoms with Crippen LogP contribution in [-0.2, 0) is 4.74 Å². The molecule has 92 valence electrons. The summed E-state index contributed by atoms with van der Waals surface area (Å²) in [6.45, 7) is 9.34. The van der Waals surface area contributed by atoms with Gasteiger partial charge in [0.2, 0.25) is 0 Å². The van der Waals surface area contributed by atoms with Gasteiger partial charge in [0, 0.05) is 6.61 Å². The Morgan fingerprint density at radius 3 is 2.38 bits per heavy atom. The van der Waals surface area contributed by atoms with Gasteiger partial charge in [-0.15, -0.1) is 0 Å². The maximum absolute atomic E-state index is 8.89. The van der Waals surface area contributed by atoms with E-state index >= 15 is 0 Å². The molecule has 1 rings (SSSR count). The molecule has 0 spiro atoms. The average molecular weight is 223 g/mol. The van der Waals surface area contributed by atoms with Crippen LogP contribution in [-0.4, -0.2) is 12.7 Å². The van der Waals surface area contributed by atoms with Crippen molar-refractivity contribution in [3.05, 3.63) is 0 Å². The molecule has 0 amide bonds. The van der Waals surface area contributed by atoms with E-state index in [1.54, 1.807) is 0 Å². The van der Waals surface area contributed by atoms with E-state index < -0.39 is 0 Å². The Kier molecular flexibility index (Phi) is 4.38. The Hall–Kier alpha value is -0.550. The Morgan fingerprint density at radius 1 is 1.31 bits per heavy atom. The third kappa shape index (κ3) is 4.53. The van der Waals surface area contributed by atoms with E-state index in [1.807, 2.05) is 13.8 Å². The fourth-order valence-corrected chi connectivity index (χ4v) is 2.08. The lowest BCUT2D eigenvalue weighted by Gasteiger charge is -2.34. The normalized spacial score (nSPS) is 21.7. The minimum absolute atomic E-state index is 0.242. The summed E-state index contributed by atoms with van der Waals surface area (Å²) in [7, 11) is 0. The summed E-state index contributed by atoms with van der Waals surface area (Å²) in [5.41, 5.74) is 0.264. The van der Waals surface area contributed by atoms with Gasteiger partial charge >= 0.3 is 0 Å². The highest BCUT2D eigenvalue weighted by molar-refractivity contribution is 4.91. The molecule has 1 aliphatic carbocycles. The van der Waals surface area contributed by atoms with Crippen LogP contribution >= 0.6 is 0 Å². The number of nitriles is 1. The molecule has 0 heterocycles. The van der Waals surface area contributed by atoms with E-state index in [2.05, 4.69) is 19.9 Å². The lowest BCUT2D eigenvalue weighted by molar-refractivity contribution is -0.00303. The summed E-state index contributed by atoms with van der Waals surface area (Å²) in [6, 6.07) is 2.31. The third-order valence-electron chi connectivity index (χ3n) is 3.67. The highest BCUT2D eigenvalue weighted by Gasteiger charge is 2.27. The number of hydrogen-bond acceptors (Lipinski definition) is 2. The SMILES string of the molecule is CC(C)(C#N)CCOC1CCC(C)(C)CC1. The number of rotatable bonds is 4. The second kappa shape index (κ2) is 5.19. The van der Waals surface area contributed by atoms with E-state index in [4.69, 9.17) is 10.00 Å². The Morgan fingerprint density at radius 2 is 1.88 bits per heavy atom. The van der Waals surface area contributed by atoms with Crippen LogP contribution in [0.25, 0.3) is 0 Å². The molecule has 0 aromatic rings. The van der Waals surface area contributed by atoms with Crippen LogP contribution in [0.1, 0.15) is 59.8 Å². The molecule has 0 saturated heterocycles. The molecule has 0 unspecified atom stereocenters. The van der Waals surface area contributed by atoms with E-state index in [0.717, 1.165) is 13.0 Å². The molecule has 0 N–H and O–H groups in total. The third-order valence-corrected chi connectivity index (χ3v) is 3.67. The molecule has 1 saturated carbocycles. The van der Waals surface area contributed by atoms with Gasteiger partial charge in [-0.2, -0.15) is 5.26 Å². The molecule has 2 heteroatoms. The van der Waals surface area contributed by atoms with Gasteiger partial charge in [0.15, 0.2) is 0 Å². The lowest BCUT2D eigenvalue weighted by Crippen LogP contribution is -2.27. The van der Waals surface area contributed by atoms with Gasteiger partial charge in [-0.3, -0.25) is 0 Å². The highest BCUT2D eigenvalue weighted by atomic mass is 16.5. The predicted octanol–water partition coefficient (Wildman–Crippen LogP) is 3.91. The average Bonchev–Trinajstić information content (AvgIpc) is 2.20. The molecule has 0 radical (unpaired) electrons. The molecule has 0 aromatic heterocycles. The van der Waals surface area contributed by atoms with Crippen LogP contribution in [0.4, 0.5) is 0 Å². The van der Waals surface area contributed by atoms with Crippen LogP contribution in [0.5, 0.6) is 0 Å². The minimum Gasteiger partial charge on any atom is -0.378 e. The number of ether oxygens (including phenoxy) is 1. The summed E-state index contributed by atoms with van der Waals surface area (Å²) in [5.74, 6) is 0. The first-order valence-corrected chi connectivity index (χ1v) is 6.38. The van der Waals surface area contributed by atoms with Gasteiger partial charge in [-0.25, -0.2) is 0 Å². The zero-order valence-corrected chi connectivity index (χ0v) is 11.2. The second-order valence-electron chi connectivity index (χ2n) is 6.48. The van der Waals surface area contributed by atoms with Crippen LogP contribution in [0, 0.1) is 22.2 Å². The molecule has 1 fully saturated rings. The quantitative estimate of drug-likeness (QED) is 0.724. The zero-order valence-electron chi connectivity index (χ0n) is 11.2. The molecular formula is C14H25NO.